The number of anilines is 1. The molecule has 2 rings (SSSR count). The molecule has 0 bridgehead atoms. The zero-order valence-corrected chi connectivity index (χ0v) is 12.1. The number of nitrogens with two attached hydrogens (primary N) is 1. The number of hydrogen-bond donors (Lipinski definition) is 4. The van der Waals surface area contributed by atoms with E-state index in [2.05, 4.69) is 15.5 Å². The van der Waals surface area contributed by atoms with Gasteiger partial charge < -0.3 is 16.2 Å². The molecule has 1 aromatic rings. The van der Waals surface area contributed by atoms with Crippen LogP contribution in [-0.4, -0.2) is 33.9 Å². The third kappa shape index (κ3) is 3.30. The van der Waals surface area contributed by atoms with E-state index in [0.29, 0.717) is 18.2 Å². The molecule has 20 heavy (non-hydrogen) atoms. The molecule has 0 aromatic carbocycles. The highest BCUT2D eigenvalue weighted by Gasteiger charge is 2.22. The Morgan fingerprint density at radius 2 is 2.10 bits per heavy atom. The molecule has 1 aliphatic rings. The van der Waals surface area contributed by atoms with Gasteiger partial charge in [-0.25, -0.2) is 0 Å². The number of nitrogen functional groups attached to an aromatic ring is 1. The summed E-state index contributed by atoms with van der Waals surface area (Å²) in [4.78, 5) is 12.1. The van der Waals surface area contributed by atoms with Crippen LogP contribution < -0.4 is 11.1 Å². The van der Waals surface area contributed by atoms with Crippen LogP contribution in [0.3, 0.4) is 0 Å². The van der Waals surface area contributed by atoms with Crippen molar-refractivity contribution >= 4 is 11.6 Å². The smallest absolute Gasteiger partial charge is 0.273 e. The summed E-state index contributed by atoms with van der Waals surface area (Å²) in [5, 5.41) is 19.2. The number of aliphatic hydroxyl groups is 1. The highest BCUT2D eigenvalue weighted by atomic mass is 16.3. The standard InChI is InChI=1S/C14H24N4O2/c1-8(2)12-11(15)13(18-17-12)14(20)16-7-9-3-5-10(19)6-4-9/h8-10,19H,3-7,15H2,1-2H3,(H,16,20)(H,17,18). The van der Waals surface area contributed by atoms with Gasteiger partial charge in [0, 0.05) is 6.54 Å². The molecule has 112 valence electrons. The van der Waals surface area contributed by atoms with Crippen LogP contribution in [0.2, 0.25) is 0 Å². The van der Waals surface area contributed by atoms with E-state index in [1.807, 2.05) is 13.8 Å². The van der Waals surface area contributed by atoms with Crippen LogP contribution in [0.25, 0.3) is 0 Å². The average Bonchev–Trinajstić information content (AvgIpc) is 2.80. The first kappa shape index (κ1) is 14.8. The van der Waals surface area contributed by atoms with Gasteiger partial charge >= 0.3 is 0 Å². The van der Waals surface area contributed by atoms with E-state index in [-0.39, 0.29) is 23.6 Å². The summed E-state index contributed by atoms with van der Waals surface area (Å²) in [7, 11) is 0. The summed E-state index contributed by atoms with van der Waals surface area (Å²) >= 11 is 0. The third-order valence-electron chi connectivity index (χ3n) is 3.99. The van der Waals surface area contributed by atoms with Crippen LogP contribution >= 0.6 is 0 Å². The quantitative estimate of drug-likeness (QED) is 0.669. The van der Waals surface area contributed by atoms with Gasteiger partial charge in [0.25, 0.3) is 5.91 Å². The van der Waals surface area contributed by atoms with Gasteiger partial charge in [-0.05, 0) is 37.5 Å². The molecule has 1 aromatic heterocycles. The summed E-state index contributed by atoms with van der Waals surface area (Å²) in [5.74, 6) is 0.424. The second-order valence-electron chi connectivity index (χ2n) is 5.94. The van der Waals surface area contributed by atoms with Crippen molar-refractivity contribution in [3.05, 3.63) is 11.4 Å². The van der Waals surface area contributed by atoms with Crippen LogP contribution in [0.1, 0.15) is 61.6 Å². The fraction of sp³-hybridized carbons (Fsp3) is 0.714. The summed E-state index contributed by atoms with van der Waals surface area (Å²) < 4.78 is 0. The summed E-state index contributed by atoms with van der Waals surface area (Å²) in [6.45, 7) is 4.62. The molecule has 0 saturated heterocycles. The molecular weight excluding hydrogens is 256 g/mol. The monoisotopic (exact) mass is 280 g/mol. The van der Waals surface area contributed by atoms with E-state index in [1.54, 1.807) is 0 Å². The Morgan fingerprint density at radius 1 is 1.45 bits per heavy atom. The van der Waals surface area contributed by atoms with Crippen molar-refractivity contribution in [3.63, 3.8) is 0 Å². The van der Waals surface area contributed by atoms with Crippen molar-refractivity contribution in [1.82, 2.24) is 15.5 Å². The normalized spacial score (nSPS) is 23.0. The number of nitrogens with one attached hydrogen (secondary N) is 2. The van der Waals surface area contributed by atoms with Gasteiger partial charge in [-0.1, -0.05) is 13.8 Å². The Morgan fingerprint density at radius 3 is 2.65 bits per heavy atom. The molecule has 1 saturated carbocycles. The highest BCUT2D eigenvalue weighted by Crippen LogP contribution is 2.24. The number of carbonyl (C=O) groups is 1. The lowest BCUT2D eigenvalue weighted by atomic mass is 9.87. The van der Waals surface area contributed by atoms with E-state index < -0.39 is 0 Å². The van der Waals surface area contributed by atoms with Crippen LogP contribution in [0, 0.1) is 5.92 Å². The zero-order valence-electron chi connectivity index (χ0n) is 12.1. The predicted octanol–water partition coefficient (Wildman–Crippen LogP) is 1.40. The fourth-order valence-corrected chi connectivity index (χ4v) is 2.65. The number of carbonyl (C=O) groups excluding carboxylic acids is 1. The second-order valence-corrected chi connectivity index (χ2v) is 5.94. The number of hydrogen-bond acceptors (Lipinski definition) is 4. The SMILES string of the molecule is CC(C)c1[nH]nc(C(=O)NCC2CCC(O)CC2)c1N. The minimum Gasteiger partial charge on any atom is -0.395 e. The molecule has 5 N–H and O–H groups in total. The van der Waals surface area contributed by atoms with Gasteiger partial charge in [-0.3, -0.25) is 9.89 Å². The Labute approximate surface area is 119 Å². The predicted molar refractivity (Wildman–Crippen MR) is 77.4 cm³/mol. The van der Waals surface area contributed by atoms with E-state index in [9.17, 15) is 9.90 Å². The molecule has 6 nitrogen and oxygen atoms in total. The van der Waals surface area contributed by atoms with Crippen LogP contribution in [0.15, 0.2) is 0 Å². The second kappa shape index (κ2) is 6.26. The lowest BCUT2D eigenvalue weighted by Gasteiger charge is -2.25. The van der Waals surface area contributed by atoms with E-state index in [1.165, 1.54) is 0 Å². The Hall–Kier alpha value is -1.56. The third-order valence-corrected chi connectivity index (χ3v) is 3.99. The van der Waals surface area contributed by atoms with Gasteiger partial charge in [-0.15, -0.1) is 0 Å². The molecule has 1 heterocycles. The van der Waals surface area contributed by atoms with Crippen molar-refractivity contribution in [1.29, 1.82) is 0 Å². The Kier molecular flexibility index (Phi) is 4.65. The summed E-state index contributed by atoms with van der Waals surface area (Å²) in [6, 6.07) is 0. The van der Waals surface area contributed by atoms with E-state index >= 15 is 0 Å². The molecule has 0 unspecified atom stereocenters. The molecule has 1 amide bonds. The first-order valence-corrected chi connectivity index (χ1v) is 7.29. The maximum atomic E-state index is 12.1. The molecular formula is C14H24N4O2. The maximum Gasteiger partial charge on any atom is 0.273 e. The van der Waals surface area contributed by atoms with Crippen molar-refractivity contribution in [2.45, 2.75) is 51.6 Å². The molecule has 6 heteroatoms. The Bertz CT molecular complexity index is 462. The number of rotatable bonds is 4. The molecule has 0 aliphatic heterocycles. The largest absolute Gasteiger partial charge is 0.395 e. The van der Waals surface area contributed by atoms with Crippen LogP contribution in [-0.2, 0) is 0 Å². The first-order chi connectivity index (χ1) is 9.49. The van der Waals surface area contributed by atoms with Crippen molar-refractivity contribution in [2.75, 3.05) is 12.3 Å². The number of aliphatic hydroxyl groups excluding tert-OH is 1. The number of aromatic nitrogens is 2. The molecule has 1 aliphatic carbocycles. The summed E-state index contributed by atoms with van der Waals surface area (Å²) in [5.41, 5.74) is 7.47. The van der Waals surface area contributed by atoms with E-state index in [4.69, 9.17) is 5.73 Å². The molecule has 1 fully saturated rings. The zero-order chi connectivity index (χ0) is 14.7. The number of H-pyrrole nitrogens is 1. The topological polar surface area (TPSA) is 104 Å². The molecule has 0 atom stereocenters. The Balaban J connectivity index is 1.89. The maximum absolute atomic E-state index is 12.1. The van der Waals surface area contributed by atoms with Gasteiger partial charge in [0.2, 0.25) is 0 Å². The lowest BCUT2D eigenvalue weighted by molar-refractivity contribution is 0.0906. The lowest BCUT2D eigenvalue weighted by Crippen LogP contribution is -2.32. The van der Waals surface area contributed by atoms with Crippen LogP contribution in [0.4, 0.5) is 5.69 Å². The van der Waals surface area contributed by atoms with E-state index in [0.717, 1.165) is 31.4 Å². The minimum absolute atomic E-state index is 0.169. The van der Waals surface area contributed by atoms with Gasteiger partial charge in [-0.2, -0.15) is 5.10 Å². The van der Waals surface area contributed by atoms with Crippen molar-refractivity contribution < 1.29 is 9.90 Å². The van der Waals surface area contributed by atoms with Crippen LogP contribution in [0.5, 0.6) is 0 Å². The van der Waals surface area contributed by atoms with Gasteiger partial charge in [0.05, 0.1) is 17.5 Å². The van der Waals surface area contributed by atoms with Crippen molar-refractivity contribution in [2.24, 2.45) is 5.92 Å². The number of nitrogens with zero attached hydrogens (tertiary/aromatic N) is 1. The average molecular weight is 280 g/mol. The number of aromatic amines is 1. The fourth-order valence-electron chi connectivity index (χ4n) is 2.65. The minimum atomic E-state index is -0.225. The highest BCUT2D eigenvalue weighted by molar-refractivity contribution is 5.97. The van der Waals surface area contributed by atoms with Gasteiger partial charge in [0.15, 0.2) is 5.69 Å². The molecule has 0 spiro atoms. The number of amides is 1. The van der Waals surface area contributed by atoms with Gasteiger partial charge in [0.1, 0.15) is 0 Å². The summed E-state index contributed by atoms with van der Waals surface area (Å²) in [6.07, 6.45) is 3.38. The first-order valence-electron chi connectivity index (χ1n) is 7.29. The molecule has 0 radical (unpaired) electrons. The van der Waals surface area contributed by atoms with Crippen molar-refractivity contribution in [3.8, 4) is 0 Å².